The van der Waals surface area contributed by atoms with E-state index in [9.17, 15) is 9.90 Å². The van der Waals surface area contributed by atoms with Gasteiger partial charge in [-0.1, -0.05) is 48.5 Å². The van der Waals surface area contributed by atoms with Crippen LogP contribution in [0.15, 0.2) is 59.6 Å². The summed E-state index contributed by atoms with van der Waals surface area (Å²) in [7, 11) is 1.32. The summed E-state index contributed by atoms with van der Waals surface area (Å²) >= 11 is 6.74. The van der Waals surface area contributed by atoms with Crippen molar-refractivity contribution in [2.75, 3.05) is 7.11 Å². The number of carbonyl (C=O) groups excluding carboxylic acids is 1. The number of nitrogens with zero attached hydrogens (tertiary/aromatic N) is 2. The van der Waals surface area contributed by atoms with Crippen molar-refractivity contribution in [2.45, 2.75) is 6.54 Å². The predicted molar refractivity (Wildman–Crippen MR) is 114 cm³/mol. The smallest absolute Gasteiger partial charge is 0.357 e. The molecule has 0 spiro atoms. The van der Waals surface area contributed by atoms with E-state index in [2.05, 4.69) is 4.99 Å². The van der Waals surface area contributed by atoms with Gasteiger partial charge in [-0.05, 0) is 29.9 Å². The molecule has 1 N–H and O–H groups in total. The van der Waals surface area contributed by atoms with E-state index in [1.807, 2.05) is 54.6 Å². The Morgan fingerprint density at radius 1 is 1.21 bits per heavy atom. The van der Waals surface area contributed by atoms with Crippen molar-refractivity contribution in [1.82, 2.24) is 4.57 Å². The lowest BCUT2D eigenvalue weighted by Crippen LogP contribution is -2.14. The van der Waals surface area contributed by atoms with E-state index in [0.29, 0.717) is 26.6 Å². The Balaban J connectivity index is 1.78. The van der Waals surface area contributed by atoms with Crippen LogP contribution in [0.4, 0.5) is 5.69 Å². The Kier molecular flexibility index (Phi) is 4.93. The van der Waals surface area contributed by atoms with Crippen LogP contribution in [0.25, 0.3) is 11.6 Å². The quantitative estimate of drug-likeness (QED) is 0.496. The number of aromatic nitrogens is 1. The van der Waals surface area contributed by atoms with Crippen molar-refractivity contribution in [3.05, 3.63) is 74.6 Å². The van der Waals surface area contributed by atoms with Gasteiger partial charge >= 0.3 is 5.97 Å². The van der Waals surface area contributed by atoms with Gasteiger partial charge in [0.05, 0.1) is 24.2 Å². The fourth-order valence-electron chi connectivity index (χ4n) is 3.05. The second kappa shape index (κ2) is 7.53. The standard InChI is InChI=1S/C21H16N2O3S2/c1-26-20(25)18-15(14-9-5-6-10-16(14)22-18)11-17-19(24)23(21(27)28-17)12-13-7-3-2-4-8-13/h2-11,24H,12H2,1H3. The van der Waals surface area contributed by atoms with E-state index in [1.54, 1.807) is 10.6 Å². The summed E-state index contributed by atoms with van der Waals surface area (Å²) in [6.45, 7) is 0.472. The minimum atomic E-state index is -0.519. The number of aliphatic imine (C=N–C) groups is 1. The molecular formula is C21H16N2O3S2. The topological polar surface area (TPSA) is 63.8 Å². The van der Waals surface area contributed by atoms with E-state index in [-0.39, 0.29) is 11.6 Å². The molecule has 7 heteroatoms. The summed E-state index contributed by atoms with van der Waals surface area (Å²) in [5.74, 6) is -0.450. The maximum absolute atomic E-state index is 12.2. The Bertz CT molecular complexity index is 1170. The highest BCUT2D eigenvalue weighted by molar-refractivity contribution is 7.73. The van der Waals surface area contributed by atoms with Gasteiger partial charge in [0.2, 0.25) is 5.88 Å². The van der Waals surface area contributed by atoms with Gasteiger partial charge in [0.1, 0.15) is 0 Å². The van der Waals surface area contributed by atoms with E-state index in [4.69, 9.17) is 17.0 Å². The third-order valence-corrected chi connectivity index (χ3v) is 5.80. The molecule has 0 aliphatic carbocycles. The first-order chi connectivity index (χ1) is 13.6. The maximum Gasteiger partial charge on any atom is 0.357 e. The van der Waals surface area contributed by atoms with Crippen molar-refractivity contribution in [3.8, 4) is 5.88 Å². The van der Waals surface area contributed by atoms with Gasteiger partial charge in [0, 0.05) is 11.1 Å². The summed E-state index contributed by atoms with van der Waals surface area (Å²) in [5.41, 5.74) is 3.38. The molecule has 0 bridgehead atoms. The van der Waals surface area contributed by atoms with Crippen molar-refractivity contribution >= 4 is 52.6 Å². The zero-order valence-electron chi connectivity index (χ0n) is 15.0. The highest BCUT2D eigenvalue weighted by Crippen LogP contribution is 2.38. The number of para-hydroxylation sites is 1. The summed E-state index contributed by atoms with van der Waals surface area (Å²) in [4.78, 5) is 17.2. The molecule has 0 unspecified atom stereocenters. The van der Waals surface area contributed by atoms with Gasteiger partial charge in [0.25, 0.3) is 0 Å². The number of hydrogen-bond donors (Lipinski definition) is 1. The van der Waals surface area contributed by atoms with Crippen LogP contribution in [-0.2, 0) is 16.1 Å². The van der Waals surface area contributed by atoms with Crippen LogP contribution in [0.5, 0.6) is 5.88 Å². The molecule has 28 heavy (non-hydrogen) atoms. The van der Waals surface area contributed by atoms with Gasteiger partial charge in [-0.3, -0.25) is 4.57 Å². The van der Waals surface area contributed by atoms with Crippen molar-refractivity contribution in [3.63, 3.8) is 0 Å². The Morgan fingerprint density at radius 2 is 1.93 bits per heavy atom. The predicted octanol–water partition coefficient (Wildman–Crippen LogP) is 4.83. The Hall–Kier alpha value is -3.03. The molecule has 0 atom stereocenters. The van der Waals surface area contributed by atoms with Crippen molar-refractivity contribution in [2.24, 2.45) is 4.99 Å². The maximum atomic E-state index is 12.2. The van der Waals surface area contributed by atoms with Gasteiger partial charge in [-0.15, -0.1) is 11.3 Å². The molecule has 0 fully saturated rings. The van der Waals surface area contributed by atoms with E-state index < -0.39 is 5.97 Å². The lowest BCUT2D eigenvalue weighted by molar-refractivity contribution is -0.132. The fraction of sp³-hybridized carbons (Fsp3) is 0.0952. The van der Waals surface area contributed by atoms with Crippen LogP contribution in [0, 0.1) is 3.95 Å². The summed E-state index contributed by atoms with van der Waals surface area (Å²) in [6.07, 6.45) is 1.75. The van der Waals surface area contributed by atoms with Gasteiger partial charge < -0.3 is 9.84 Å². The number of aromatic hydroxyl groups is 1. The molecule has 0 saturated heterocycles. The minimum absolute atomic E-state index is 0.0694. The van der Waals surface area contributed by atoms with Crippen LogP contribution in [0.2, 0.25) is 0 Å². The van der Waals surface area contributed by atoms with E-state index >= 15 is 0 Å². The number of ether oxygens (including phenoxy) is 1. The number of thiazole rings is 1. The van der Waals surface area contributed by atoms with Crippen LogP contribution in [0.3, 0.4) is 0 Å². The zero-order chi connectivity index (χ0) is 19.7. The number of methoxy groups -OCH3 is 1. The number of rotatable bonds is 4. The van der Waals surface area contributed by atoms with Gasteiger partial charge in [0.15, 0.2) is 9.67 Å². The van der Waals surface area contributed by atoms with Crippen LogP contribution < -0.4 is 0 Å². The van der Waals surface area contributed by atoms with E-state index in [0.717, 1.165) is 11.1 Å². The molecule has 0 amide bonds. The zero-order valence-corrected chi connectivity index (χ0v) is 16.6. The average Bonchev–Trinajstić information content (AvgIpc) is 3.21. The van der Waals surface area contributed by atoms with Crippen molar-refractivity contribution < 1.29 is 14.6 Å². The second-order valence-corrected chi connectivity index (χ2v) is 7.83. The molecule has 4 rings (SSSR count). The molecule has 5 nitrogen and oxygen atoms in total. The fourth-order valence-corrected chi connectivity index (χ4v) is 4.30. The molecular weight excluding hydrogens is 392 g/mol. The highest BCUT2D eigenvalue weighted by atomic mass is 32.1. The lowest BCUT2D eigenvalue weighted by atomic mass is 10.0. The first-order valence-electron chi connectivity index (χ1n) is 8.53. The lowest BCUT2D eigenvalue weighted by Gasteiger charge is -2.06. The third-order valence-electron chi connectivity index (χ3n) is 4.41. The first-order valence-corrected chi connectivity index (χ1v) is 9.76. The minimum Gasteiger partial charge on any atom is -0.493 e. The van der Waals surface area contributed by atoms with Crippen LogP contribution in [-0.4, -0.2) is 28.5 Å². The highest BCUT2D eigenvalue weighted by Gasteiger charge is 2.27. The van der Waals surface area contributed by atoms with Crippen LogP contribution in [0.1, 0.15) is 16.0 Å². The first kappa shape index (κ1) is 18.3. The molecule has 2 heterocycles. The monoisotopic (exact) mass is 408 g/mol. The van der Waals surface area contributed by atoms with Crippen LogP contribution >= 0.6 is 23.6 Å². The molecule has 1 aliphatic heterocycles. The SMILES string of the molecule is COC(=O)C1=Nc2ccccc2C1=Cc1sc(=S)n(Cc2ccccc2)c1O. The molecule has 1 aliphatic rings. The number of carbonyl (C=O) groups is 1. The molecule has 0 saturated carbocycles. The summed E-state index contributed by atoms with van der Waals surface area (Å²) in [5, 5.41) is 10.8. The number of fused-ring (bicyclic) bond motifs is 1. The number of esters is 1. The number of benzene rings is 2. The third kappa shape index (κ3) is 3.30. The van der Waals surface area contributed by atoms with Gasteiger partial charge in [-0.2, -0.15) is 0 Å². The Morgan fingerprint density at radius 3 is 2.68 bits per heavy atom. The average molecular weight is 409 g/mol. The largest absolute Gasteiger partial charge is 0.493 e. The second-order valence-electron chi connectivity index (χ2n) is 6.15. The molecule has 2 aromatic carbocycles. The molecule has 0 radical (unpaired) electrons. The molecule has 1 aromatic heterocycles. The van der Waals surface area contributed by atoms with Gasteiger partial charge in [-0.25, -0.2) is 9.79 Å². The Labute approximate surface area is 170 Å². The summed E-state index contributed by atoms with van der Waals surface area (Å²) < 4.78 is 7.11. The normalized spacial score (nSPS) is 14.0. The summed E-state index contributed by atoms with van der Waals surface area (Å²) in [6, 6.07) is 17.2. The van der Waals surface area contributed by atoms with E-state index in [1.165, 1.54) is 18.4 Å². The number of hydrogen-bond acceptors (Lipinski definition) is 6. The molecule has 3 aromatic rings. The molecule has 140 valence electrons. The van der Waals surface area contributed by atoms with Crippen molar-refractivity contribution in [1.29, 1.82) is 0 Å².